The molecule has 33 heavy (non-hydrogen) atoms. The summed E-state index contributed by atoms with van der Waals surface area (Å²) in [6, 6.07) is 15.6. The molecule has 2 aromatic carbocycles. The van der Waals surface area contributed by atoms with E-state index in [4.69, 9.17) is 17.0 Å². The van der Waals surface area contributed by atoms with Crippen molar-refractivity contribution in [3.63, 3.8) is 0 Å². The van der Waals surface area contributed by atoms with Crippen LogP contribution in [0.1, 0.15) is 63.5 Å². The van der Waals surface area contributed by atoms with E-state index in [0.717, 1.165) is 29.6 Å². The number of benzene rings is 2. The molecule has 0 amide bonds. The molecule has 0 spiro atoms. The predicted molar refractivity (Wildman–Crippen MR) is 143 cm³/mol. The average molecular weight is 466 g/mol. The van der Waals surface area contributed by atoms with Crippen LogP contribution in [0.5, 0.6) is 5.75 Å². The van der Waals surface area contributed by atoms with Gasteiger partial charge in [0, 0.05) is 31.4 Å². The fourth-order valence-corrected chi connectivity index (χ4v) is 5.87. The van der Waals surface area contributed by atoms with Crippen LogP contribution < -0.4 is 15.0 Å². The third kappa shape index (κ3) is 5.63. The Morgan fingerprint density at radius 1 is 1.15 bits per heavy atom. The van der Waals surface area contributed by atoms with Crippen molar-refractivity contribution >= 4 is 28.7 Å². The quantitative estimate of drug-likeness (QED) is 0.463. The molecule has 0 bridgehead atoms. The second-order valence-corrected chi connectivity index (χ2v) is 10.0. The van der Waals surface area contributed by atoms with E-state index in [1.54, 1.807) is 7.11 Å². The fourth-order valence-electron chi connectivity index (χ4n) is 5.56. The first kappa shape index (κ1) is 23.9. The van der Waals surface area contributed by atoms with Crippen molar-refractivity contribution in [2.75, 3.05) is 30.4 Å². The van der Waals surface area contributed by atoms with Crippen LogP contribution in [0.15, 0.2) is 42.5 Å². The molecule has 178 valence electrons. The number of nitrogens with one attached hydrogen (secondary N) is 1. The maximum atomic E-state index is 6.02. The van der Waals surface area contributed by atoms with Gasteiger partial charge in [0.2, 0.25) is 0 Å². The molecule has 5 heteroatoms. The summed E-state index contributed by atoms with van der Waals surface area (Å²) >= 11 is 6.02. The van der Waals surface area contributed by atoms with E-state index in [1.807, 2.05) is 24.3 Å². The number of methoxy groups -OCH3 is 1. The lowest BCUT2D eigenvalue weighted by atomic mass is 9.84. The van der Waals surface area contributed by atoms with E-state index >= 15 is 0 Å². The SMILES string of the molecule is CCCN1CCCc2cc(CN(C(=S)Nc3ccccc3OC)C3CCCCC3C)ccc21. The summed E-state index contributed by atoms with van der Waals surface area (Å²) in [6.45, 7) is 7.82. The monoisotopic (exact) mass is 465 g/mol. The van der Waals surface area contributed by atoms with Gasteiger partial charge in [0.25, 0.3) is 0 Å². The Hall–Kier alpha value is -2.27. The normalized spacial score (nSPS) is 20.2. The van der Waals surface area contributed by atoms with Gasteiger partial charge in [-0.25, -0.2) is 0 Å². The Labute approximate surface area is 205 Å². The lowest BCUT2D eigenvalue weighted by molar-refractivity contribution is 0.177. The molecule has 4 rings (SSSR count). The average Bonchev–Trinajstić information content (AvgIpc) is 2.83. The molecule has 1 aliphatic heterocycles. The maximum Gasteiger partial charge on any atom is 0.174 e. The number of anilines is 2. The molecular formula is C28H39N3OS. The number of hydrogen-bond donors (Lipinski definition) is 1. The molecule has 2 unspecified atom stereocenters. The Kier molecular flexibility index (Phi) is 8.13. The van der Waals surface area contributed by atoms with Crippen molar-refractivity contribution in [3.05, 3.63) is 53.6 Å². The maximum absolute atomic E-state index is 6.02. The highest BCUT2D eigenvalue weighted by molar-refractivity contribution is 7.80. The third-order valence-corrected chi connectivity index (χ3v) is 7.62. The molecule has 2 aliphatic rings. The molecule has 1 saturated carbocycles. The van der Waals surface area contributed by atoms with Crippen LogP contribution in [0.2, 0.25) is 0 Å². The van der Waals surface area contributed by atoms with Crippen LogP contribution in [0, 0.1) is 5.92 Å². The lowest BCUT2D eigenvalue weighted by Gasteiger charge is -2.40. The van der Waals surface area contributed by atoms with Crippen LogP contribution in [0.4, 0.5) is 11.4 Å². The zero-order valence-electron chi connectivity index (χ0n) is 20.5. The Bertz CT molecular complexity index is 946. The Balaban J connectivity index is 1.58. The second-order valence-electron chi connectivity index (χ2n) is 9.64. The molecule has 1 N–H and O–H groups in total. The van der Waals surface area contributed by atoms with Gasteiger partial charge < -0.3 is 19.9 Å². The molecule has 2 aromatic rings. The van der Waals surface area contributed by atoms with Gasteiger partial charge in [-0.2, -0.15) is 0 Å². The summed E-state index contributed by atoms with van der Waals surface area (Å²) in [5.74, 6) is 1.45. The molecule has 1 heterocycles. The largest absolute Gasteiger partial charge is 0.495 e. The minimum atomic E-state index is 0.459. The number of rotatable bonds is 7. The van der Waals surface area contributed by atoms with Gasteiger partial charge in [-0.05, 0) is 79.6 Å². The highest BCUT2D eigenvalue weighted by atomic mass is 32.1. The Morgan fingerprint density at radius 3 is 2.76 bits per heavy atom. The number of nitrogens with zero attached hydrogens (tertiary/aromatic N) is 2. The molecule has 4 nitrogen and oxygen atoms in total. The number of hydrogen-bond acceptors (Lipinski definition) is 3. The van der Waals surface area contributed by atoms with Crippen molar-refractivity contribution in [2.45, 2.75) is 71.4 Å². The number of aryl methyl sites for hydroxylation is 1. The first-order valence-electron chi connectivity index (χ1n) is 12.7. The van der Waals surface area contributed by atoms with E-state index in [9.17, 15) is 0 Å². The summed E-state index contributed by atoms with van der Waals surface area (Å²) in [6.07, 6.45) is 8.68. The second kappa shape index (κ2) is 11.2. The van der Waals surface area contributed by atoms with Crippen molar-refractivity contribution in [3.8, 4) is 5.75 Å². The summed E-state index contributed by atoms with van der Waals surface area (Å²) < 4.78 is 5.56. The molecule has 0 aromatic heterocycles. The fraction of sp³-hybridized carbons (Fsp3) is 0.536. The highest BCUT2D eigenvalue weighted by Crippen LogP contribution is 2.33. The zero-order valence-corrected chi connectivity index (χ0v) is 21.3. The highest BCUT2D eigenvalue weighted by Gasteiger charge is 2.29. The van der Waals surface area contributed by atoms with Gasteiger partial charge in [0.1, 0.15) is 5.75 Å². The van der Waals surface area contributed by atoms with E-state index in [0.29, 0.717) is 12.0 Å². The first-order valence-corrected chi connectivity index (χ1v) is 13.1. The number of fused-ring (bicyclic) bond motifs is 1. The first-order chi connectivity index (χ1) is 16.1. The van der Waals surface area contributed by atoms with Crippen LogP contribution in [0.25, 0.3) is 0 Å². The van der Waals surface area contributed by atoms with Crippen LogP contribution >= 0.6 is 12.2 Å². The number of thiocarbonyl (C=S) groups is 1. The van der Waals surface area contributed by atoms with Gasteiger partial charge in [-0.15, -0.1) is 0 Å². The minimum Gasteiger partial charge on any atom is -0.495 e. The summed E-state index contributed by atoms with van der Waals surface area (Å²) in [5, 5.41) is 4.30. The van der Waals surface area contributed by atoms with Crippen molar-refractivity contribution in [1.29, 1.82) is 0 Å². The minimum absolute atomic E-state index is 0.459. The van der Waals surface area contributed by atoms with E-state index < -0.39 is 0 Å². The topological polar surface area (TPSA) is 27.7 Å². The molecule has 2 atom stereocenters. The molecule has 1 aliphatic carbocycles. The summed E-state index contributed by atoms with van der Waals surface area (Å²) in [4.78, 5) is 5.00. The summed E-state index contributed by atoms with van der Waals surface area (Å²) in [7, 11) is 1.71. The van der Waals surface area contributed by atoms with Crippen LogP contribution in [-0.2, 0) is 13.0 Å². The van der Waals surface area contributed by atoms with Crippen molar-refractivity contribution in [1.82, 2.24) is 4.90 Å². The van der Waals surface area contributed by atoms with Gasteiger partial charge in [-0.1, -0.05) is 51.0 Å². The van der Waals surface area contributed by atoms with Crippen LogP contribution in [-0.4, -0.2) is 36.3 Å². The standard InChI is InChI=1S/C28H39N3OS/c1-4-17-30-18-9-11-23-19-22(15-16-26(23)30)20-31(25-13-7-5-10-21(25)2)28(33)29-24-12-6-8-14-27(24)32-3/h6,8,12,14-16,19,21,25H,4-5,7,9-11,13,17-18,20H2,1-3H3,(H,29,33). The van der Waals surface area contributed by atoms with E-state index in [-0.39, 0.29) is 0 Å². The van der Waals surface area contributed by atoms with Gasteiger partial charge in [0.15, 0.2) is 5.11 Å². The predicted octanol–water partition coefficient (Wildman–Crippen LogP) is 6.64. The van der Waals surface area contributed by atoms with Gasteiger partial charge >= 0.3 is 0 Å². The van der Waals surface area contributed by atoms with Gasteiger partial charge in [0.05, 0.1) is 12.8 Å². The van der Waals surface area contributed by atoms with Crippen molar-refractivity contribution in [2.24, 2.45) is 5.92 Å². The molecule has 1 fully saturated rings. The Morgan fingerprint density at radius 2 is 1.97 bits per heavy atom. The molecule has 0 radical (unpaired) electrons. The number of para-hydroxylation sites is 2. The van der Waals surface area contributed by atoms with Crippen LogP contribution in [0.3, 0.4) is 0 Å². The van der Waals surface area contributed by atoms with E-state index in [1.165, 1.54) is 68.3 Å². The van der Waals surface area contributed by atoms with E-state index in [2.05, 4.69) is 47.2 Å². The van der Waals surface area contributed by atoms with Gasteiger partial charge in [-0.3, -0.25) is 0 Å². The third-order valence-electron chi connectivity index (χ3n) is 7.28. The zero-order chi connectivity index (χ0) is 23.2. The lowest BCUT2D eigenvalue weighted by Crippen LogP contribution is -2.46. The molecular weight excluding hydrogens is 426 g/mol. The number of ether oxygens (including phenoxy) is 1. The smallest absolute Gasteiger partial charge is 0.174 e. The summed E-state index contributed by atoms with van der Waals surface area (Å²) in [5.41, 5.74) is 5.21. The molecule has 0 saturated heterocycles. The van der Waals surface area contributed by atoms with Crippen molar-refractivity contribution < 1.29 is 4.74 Å².